The normalized spacial score (nSPS) is 13.5. The van der Waals surface area contributed by atoms with E-state index in [4.69, 9.17) is 9.47 Å². The average molecular weight is 337 g/mol. The molecule has 1 amide bonds. The van der Waals surface area contributed by atoms with Gasteiger partial charge in [-0.1, -0.05) is 0 Å². The van der Waals surface area contributed by atoms with Crippen molar-refractivity contribution in [2.75, 3.05) is 13.2 Å². The zero-order valence-electron chi connectivity index (χ0n) is 14.0. The number of pyridine rings is 1. The van der Waals surface area contributed by atoms with E-state index in [0.29, 0.717) is 36.8 Å². The fraction of sp³-hybridized carbons (Fsp3) is 0.263. The van der Waals surface area contributed by atoms with Gasteiger partial charge in [0.15, 0.2) is 11.5 Å². The number of hydrogen-bond acceptors (Lipinski definition) is 4. The minimum atomic E-state index is -0.163. The Morgan fingerprint density at radius 2 is 2.04 bits per heavy atom. The van der Waals surface area contributed by atoms with Gasteiger partial charge in [-0.3, -0.25) is 4.79 Å². The molecule has 3 aromatic rings. The molecule has 3 heterocycles. The van der Waals surface area contributed by atoms with Crippen LogP contribution in [0.3, 0.4) is 0 Å². The molecule has 1 aliphatic heterocycles. The second kappa shape index (κ2) is 6.47. The van der Waals surface area contributed by atoms with E-state index in [9.17, 15) is 4.79 Å². The van der Waals surface area contributed by atoms with Crippen molar-refractivity contribution in [3.05, 3.63) is 59.5 Å². The van der Waals surface area contributed by atoms with E-state index in [1.807, 2.05) is 35.9 Å². The molecule has 0 fully saturated rings. The first-order valence-corrected chi connectivity index (χ1v) is 8.31. The maximum absolute atomic E-state index is 12.4. The van der Waals surface area contributed by atoms with Gasteiger partial charge in [0.2, 0.25) is 0 Å². The van der Waals surface area contributed by atoms with Crippen LogP contribution in [0.4, 0.5) is 0 Å². The largest absolute Gasteiger partial charge is 0.490 e. The van der Waals surface area contributed by atoms with Crippen LogP contribution in [-0.4, -0.2) is 28.5 Å². The van der Waals surface area contributed by atoms with E-state index in [1.54, 1.807) is 18.2 Å². The standard InChI is InChI=1S/C19H19N3O3/c1-13-5-6-22-12-15(21-18(22)9-13)11-20-19(23)14-3-4-16-17(10-14)25-8-2-7-24-16/h3-6,9-10,12H,2,7-8,11H2,1H3,(H,20,23). The minimum absolute atomic E-state index is 0.163. The van der Waals surface area contributed by atoms with Gasteiger partial charge in [0, 0.05) is 24.4 Å². The number of aryl methyl sites for hydroxylation is 1. The number of ether oxygens (including phenoxy) is 2. The number of rotatable bonds is 3. The highest BCUT2D eigenvalue weighted by Crippen LogP contribution is 2.30. The van der Waals surface area contributed by atoms with Gasteiger partial charge in [-0.25, -0.2) is 4.98 Å². The third-order valence-electron chi connectivity index (χ3n) is 4.11. The number of amides is 1. The van der Waals surface area contributed by atoms with E-state index in [-0.39, 0.29) is 5.91 Å². The van der Waals surface area contributed by atoms with Crippen LogP contribution in [0.15, 0.2) is 42.7 Å². The van der Waals surface area contributed by atoms with Crippen molar-refractivity contribution >= 4 is 11.6 Å². The zero-order valence-corrected chi connectivity index (χ0v) is 14.0. The van der Waals surface area contributed by atoms with Crippen molar-refractivity contribution in [3.63, 3.8) is 0 Å². The van der Waals surface area contributed by atoms with E-state index in [1.165, 1.54) is 0 Å². The van der Waals surface area contributed by atoms with Crippen molar-refractivity contribution in [1.82, 2.24) is 14.7 Å². The number of benzene rings is 1. The Balaban J connectivity index is 1.47. The van der Waals surface area contributed by atoms with Crippen LogP contribution >= 0.6 is 0 Å². The molecular formula is C19H19N3O3. The molecule has 25 heavy (non-hydrogen) atoms. The molecule has 1 aliphatic rings. The fourth-order valence-corrected chi connectivity index (χ4v) is 2.80. The molecule has 2 aromatic heterocycles. The first kappa shape index (κ1) is 15.5. The maximum Gasteiger partial charge on any atom is 0.251 e. The van der Waals surface area contributed by atoms with Crippen molar-refractivity contribution in [3.8, 4) is 11.5 Å². The van der Waals surface area contributed by atoms with Gasteiger partial charge in [0.25, 0.3) is 5.91 Å². The summed E-state index contributed by atoms with van der Waals surface area (Å²) in [4.78, 5) is 16.9. The Labute approximate surface area is 145 Å². The first-order valence-electron chi connectivity index (χ1n) is 8.31. The Bertz CT molecular complexity index is 933. The number of hydrogen-bond donors (Lipinski definition) is 1. The Morgan fingerprint density at radius 3 is 2.92 bits per heavy atom. The number of fused-ring (bicyclic) bond motifs is 2. The molecule has 0 spiro atoms. The number of aromatic nitrogens is 2. The molecule has 0 unspecified atom stereocenters. The number of imidazole rings is 1. The van der Waals surface area contributed by atoms with Gasteiger partial charge in [-0.2, -0.15) is 0 Å². The monoisotopic (exact) mass is 337 g/mol. The predicted molar refractivity (Wildman–Crippen MR) is 93.1 cm³/mol. The minimum Gasteiger partial charge on any atom is -0.490 e. The van der Waals surface area contributed by atoms with Crippen LogP contribution in [0.1, 0.15) is 28.0 Å². The van der Waals surface area contributed by atoms with Crippen molar-refractivity contribution < 1.29 is 14.3 Å². The van der Waals surface area contributed by atoms with Gasteiger partial charge >= 0.3 is 0 Å². The van der Waals surface area contributed by atoms with Gasteiger partial charge in [-0.05, 0) is 42.8 Å². The molecule has 0 saturated heterocycles. The van der Waals surface area contributed by atoms with Crippen LogP contribution in [0.2, 0.25) is 0 Å². The first-order chi connectivity index (χ1) is 12.2. The summed E-state index contributed by atoms with van der Waals surface area (Å²) in [6, 6.07) is 9.28. The highest BCUT2D eigenvalue weighted by Gasteiger charge is 2.14. The van der Waals surface area contributed by atoms with Gasteiger partial charge in [0.1, 0.15) is 5.65 Å². The third kappa shape index (κ3) is 3.28. The van der Waals surface area contributed by atoms with Gasteiger partial charge in [0.05, 0.1) is 25.5 Å². The SMILES string of the molecule is Cc1ccn2cc(CNC(=O)c3ccc4c(c3)OCCCO4)nc2c1. The van der Waals surface area contributed by atoms with E-state index >= 15 is 0 Å². The van der Waals surface area contributed by atoms with Crippen LogP contribution < -0.4 is 14.8 Å². The van der Waals surface area contributed by atoms with Crippen LogP contribution in [0.25, 0.3) is 5.65 Å². The molecule has 0 radical (unpaired) electrons. The van der Waals surface area contributed by atoms with E-state index in [0.717, 1.165) is 23.3 Å². The average Bonchev–Trinajstić information content (AvgIpc) is 2.86. The van der Waals surface area contributed by atoms with Crippen LogP contribution in [0, 0.1) is 6.92 Å². The summed E-state index contributed by atoms with van der Waals surface area (Å²) >= 11 is 0. The van der Waals surface area contributed by atoms with Crippen molar-refractivity contribution in [1.29, 1.82) is 0 Å². The van der Waals surface area contributed by atoms with Gasteiger partial charge in [-0.15, -0.1) is 0 Å². The van der Waals surface area contributed by atoms with Crippen LogP contribution in [-0.2, 0) is 6.54 Å². The molecule has 1 aromatic carbocycles. The molecule has 0 bridgehead atoms. The summed E-state index contributed by atoms with van der Waals surface area (Å²) in [6.07, 6.45) is 4.72. The fourth-order valence-electron chi connectivity index (χ4n) is 2.80. The van der Waals surface area contributed by atoms with Gasteiger partial charge < -0.3 is 19.2 Å². The number of nitrogens with zero attached hydrogens (tertiary/aromatic N) is 2. The molecule has 6 nitrogen and oxygen atoms in total. The molecule has 0 saturated carbocycles. The van der Waals surface area contributed by atoms with Crippen molar-refractivity contribution in [2.45, 2.75) is 19.9 Å². The number of nitrogens with one attached hydrogen (secondary N) is 1. The lowest BCUT2D eigenvalue weighted by Crippen LogP contribution is -2.23. The summed E-state index contributed by atoms with van der Waals surface area (Å²) in [5.74, 6) is 1.14. The molecule has 4 rings (SSSR count). The summed E-state index contributed by atoms with van der Waals surface area (Å²) in [6.45, 7) is 3.62. The zero-order chi connectivity index (χ0) is 17.2. The highest BCUT2D eigenvalue weighted by molar-refractivity contribution is 5.94. The third-order valence-corrected chi connectivity index (χ3v) is 4.11. The van der Waals surface area contributed by atoms with E-state index < -0.39 is 0 Å². The lowest BCUT2D eigenvalue weighted by Gasteiger charge is -2.09. The van der Waals surface area contributed by atoms with Crippen molar-refractivity contribution in [2.24, 2.45) is 0 Å². The molecular weight excluding hydrogens is 318 g/mol. The quantitative estimate of drug-likeness (QED) is 0.798. The molecule has 1 N–H and O–H groups in total. The number of carbonyl (C=O) groups excluding carboxylic acids is 1. The Morgan fingerprint density at radius 1 is 1.20 bits per heavy atom. The molecule has 0 atom stereocenters. The summed E-state index contributed by atoms with van der Waals surface area (Å²) in [5.41, 5.74) is 3.39. The lowest BCUT2D eigenvalue weighted by molar-refractivity contribution is 0.0950. The topological polar surface area (TPSA) is 64.9 Å². The number of carbonyl (C=O) groups is 1. The highest BCUT2D eigenvalue weighted by atomic mass is 16.5. The Hall–Kier alpha value is -3.02. The van der Waals surface area contributed by atoms with E-state index in [2.05, 4.69) is 10.3 Å². The predicted octanol–water partition coefficient (Wildman–Crippen LogP) is 2.73. The molecule has 128 valence electrons. The maximum atomic E-state index is 12.4. The van der Waals surface area contributed by atoms with Crippen LogP contribution in [0.5, 0.6) is 11.5 Å². The molecule has 0 aliphatic carbocycles. The molecule has 6 heteroatoms. The summed E-state index contributed by atoms with van der Waals surface area (Å²) in [5, 5.41) is 2.90. The second-order valence-corrected chi connectivity index (χ2v) is 6.10. The summed E-state index contributed by atoms with van der Waals surface area (Å²) in [7, 11) is 0. The summed E-state index contributed by atoms with van der Waals surface area (Å²) < 4.78 is 13.2. The second-order valence-electron chi connectivity index (χ2n) is 6.10. The Kier molecular flexibility index (Phi) is 4.01. The smallest absolute Gasteiger partial charge is 0.251 e. The lowest BCUT2D eigenvalue weighted by atomic mass is 10.2.